The van der Waals surface area contributed by atoms with E-state index < -0.39 is 17.0 Å². The van der Waals surface area contributed by atoms with E-state index in [4.69, 9.17) is 23.6 Å². The molecule has 0 amide bonds. The molecule has 0 aromatic heterocycles. The summed E-state index contributed by atoms with van der Waals surface area (Å²) in [6.45, 7) is 20.3. The van der Waals surface area contributed by atoms with E-state index in [2.05, 4.69) is 40.7 Å². The summed E-state index contributed by atoms with van der Waals surface area (Å²) in [6.07, 6.45) is 1.19. The Labute approximate surface area is 263 Å². The number of para-hydroxylation sites is 1. The molecule has 3 rings (SSSR count). The first-order valence-electron chi connectivity index (χ1n) is 13.8. The Morgan fingerprint density at radius 2 is 1.17 bits per heavy atom. The second-order valence-corrected chi connectivity index (χ2v) is 14.6. The summed E-state index contributed by atoms with van der Waals surface area (Å²) in [7, 11) is 9.78. The topological polar surface area (TPSA) is 69.9 Å². The van der Waals surface area contributed by atoms with Crippen LogP contribution >= 0.6 is 18.6 Å². The first-order valence-corrected chi connectivity index (χ1v) is 18.1. The van der Waals surface area contributed by atoms with Gasteiger partial charge in [-0.1, -0.05) is 85.7 Å². The van der Waals surface area contributed by atoms with E-state index in [1.54, 1.807) is 13.0 Å². The van der Waals surface area contributed by atoms with Gasteiger partial charge in [-0.25, -0.2) is 0 Å². The summed E-state index contributed by atoms with van der Waals surface area (Å²) in [6, 6.07) is 17.7. The predicted molar refractivity (Wildman–Crippen MR) is 172 cm³/mol. The number of aromatic hydroxyl groups is 2. The van der Waals surface area contributed by atoms with Crippen molar-refractivity contribution >= 4 is 35.8 Å². The van der Waals surface area contributed by atoms with Crippen LogP contribution in [0, 0.1) is 13.8 Å². The van der Waals surface area contributed by atoms with Gasteiger partial charge in [-0.05, 0) is 66.5 Å². The van der Waals surface area contributed by atoms with Gasteiger partial charge in [0, 0.05) is 23.1 Å². The normalized spacial score (nSPS) is 11.6. The first kappa shape index (κ1) is 36.9. The molecule has 3 aromatic carbocycles. The summed E-state index contributed by atoms with van der Waals surface area (Å²) in [5.74, 6) is 0.492. The summed E-state index contributed by atoms with van der Waals surface area (Å²) in [4.78, 5) is 16.4. The second-order valence-electron chi connectivity index (χ2n) is 12.0. The Kier molecular flexibility index (Phi) is 14.9. The Morgan fingerprint density at radius 1 is 0.756 bits per heavy atom. The summed E-state index contributed by atoms with van der Waals surface area (Å²) >= 11 is -0.556. The summed E-state index contributed by atoms with van der Waals surface area (Å²) < 4.78 is 0. The number of halogens is 2. The molecule has 0 saturated heterocycles. The molecule has 7 heteroatoms. The van der Waals surface area contributed by atoms with Crippen LogP contribution in [0.25, 0.3) is 0 Å². The molecule has 0 heterocycles. The number of carbonyl (C=O) groups is 1. The van der Waals surface area contributed by atoms with E-state index in [0.717, 1.165) is 45.6 Å². The molecule has 41 heavy (non-hydrogen) atoms. The molecule has 0 bridgehead atoms. The van der Waals surface area contributed by atoms with Crippen molar-refractivity contribution in [3.63, 3.8) is 0 Å². The van der Waals surface area contributed by atoms with Crippen molar-refractivity contribution in [2.75, 3.05) is 0 Å². The van der Waals surface area contributed by atoms with Crippen molar-refractivity contribution < 1.29 is 32.0 Å². The molecule has 2 N–H and O–H groups in total. The van der Waals surface area contributed by atoms with E-state index in [9.17, 15) is 15.0 Å². The number of benzene rings is 3. The fourth-order valence-corrected chi connectivity index (χ4v) is 4.31. The van der Waals surface area contributed by atoms with Crippen molar-refractivity contribution in [1.29, 1.82) is 0 Å². The van der Waals surface area contributed by atoms with Gasteiger partial charge in [-0.2, -0.15) is 0 Å². The van der Waals surface area contributed by atoms with E-state index in [0.29, 0.717) is 17.7 Å². The van der Waals surface area contributed by atoms with Crippen molar-refractivity contribution in [2.24, 2.45) is 4.99 Å². The number of aryl methyl sites for hydroxylation is 2. The predicted octanol–water partition coefficient (Wildman–Crippen LogP) is 10.5. The minimum absolute atomic E-state index is 0.00769. The van der Waals surface area contributed by atoms with Crippen LogP contribution < -0.4 is 0 Å². The fraction of sp³-hybridized carbons (Fsp3) is 0.412. The Balaban J connectivity index is 0.000000390. The SMILES string of the molecule is CCC(=Nc1ccccc1)c1cc(C)cc(C(C)(C)C)c1O.CCC(=O)c1cc(C)cc(C(C)(C)C)c1O.[Cl][Ti][Cl]. The van der Waals surface area contributed by atoms with E-state index >= 15 is 0 Å². The van der Waals surface area contributed by atoms with Crippen LogP contribution in [0.3, 0.4) is 0 Å². The van der Waals surface area contributed by atoms with Crippen molar-refractivity contribution in [3.05, 3.63) is 88.0 Å². The van der Waals surface area contributed by atoms with Gasteiger partial charge in [-0.3, -0.25) is 9.79 Å². The molecule has 0 fully saturated rings. The van der Waals surface area contributed by atoms with Gasteiger partial charge < -0.3 is 10.2 Å². The van der Waals surface area contributed by atoms with Crippen molar-refractivity contribution in [2.45, 2.75) is 92.9 Å². The molecule has 0 spiro atoms. The van der Waals surface area contributed by atoms with Gasteiger partial charge in [0.25, 0.3) is 0 Å². The minimum atomic E-state index is -0.556. The maximum atomic E-state index is 11.7. The zero-order chi connectivity index (χ0) is 31.5. The Bertz CT molecular complexity index is 1320. The van der Waals surface area contributed by atoms with Crippen LogP contribution in [0.1, 0.15) is 106 Å². The Hall–Kier alpha value is -2.11. The van der Waals surface area contributed by atoms with Crippen LogP contribution in [0.5, 0.6) is 11.5 Å². The molecule has 3 aromatic rings. The summed E-state index contributed by atoms with van der Waals surface area (Å²) in [5, 5.41) is 20.9. The van der Waals surface area contributed by atoms with Crippen molar-refractivity contribution in [3.8, 4) is 11.5 Å². The Morgan fingerprint density at radius 3 is 1.56 bits per heavy atom. The molecule has 0 aliphatic rings. The number of phenolic OH excluding ortho intramolecular Hbond substituents is 2. The number of nitrogens with zero attached hydrogens (tertiary/aromatic N) is 1. The van der Waals surface area contributed by atoms with Crippen LogP contribution in [0.15, 0.2) is 59.6 Å². The maximum absolute atomic E-state index is 11.7. The number of ketones is 1. The van der Waals surface area contributed by atoms with Crippen LogP contribution in [-0.4, -0.2) is 21.7 Å². The number of Topliss-reactive ketones (excluding diaryl/α,β-unsaturated/α-hetero) is 1. The van der Waals surface area contributed by atoms with Gasteiger partial charge in [-0.15, -0.1) is 0 Å². The van der Waals surface area contributed by atoms with Gasteiger partial charge in [0.2, 0.25) is 0 Å². The zero-order valence-corrected chi connectivity index (χ0v) is 29.2. The average molecular weight is 635 g/mol. The van der Waals surface area contributed by atoms with Crippen molar-refractivity contribution in [1.82, 2.24) is 0 Å². The molecular weight excluding hydrogens is 589 g/mol. The molecule has 222 valence electrons. The molecule has 0 radical (unpaired) electrons. The van der Waals surface area contributed by atoms with E-state index in [-0.39, 0.29) is 22.4 Å². The van der Waals surface area contributed by atoms with Gasteiger partial charge >= 0.3 is 35.6 Å². The standard InChI is InChI=1S/C20H25NO.C14H20O2.2ClH.Ti/c1-6-18(21-15-10-8-7-9-11-15)16-12-14(2)13-17(19(16)22)20(3,4)5;1-6-12(15)10-7-9(2)8-11(13(10)16)14(3,4)5;;;/h7-13,22H,6H2,1-5H3;7-8,16H,6H2,1-5H3;2*1H;/q;;;;+2/p-2. The van der Waals surface area contributed by atoms with Crippen LogP contribution in [-0.2, 0) is 27.9 Å². The number of carbonyl (C=O) groups excluding carboxylic acids is 1. The number of aliphatic imine (C=N–C) groups is 1. The van der Waals surface area contributed by atoms with Gasteiger partial charge in [0.05, 0.1) is 17.0 Å². The third-order valence-electron chi connectivity index (χ3n) is 6.41. The zero-order valence-electron chi connectivity index (χ0n) is 26.1. The number of hydrogen-bond acceptors (Lipinski definition) is 4. The number of hydrogen-bond donors (Lipinski definition) is 2. The van der Waals surface area contributed by atoms with Gasteiger partial charge in [0.1, 0.15) is 11.5 Å². The number of phenols is 2. The second kappa shape index (κ2) is 16.5. The summed E-state index contributed by atoms with van der Waals surface area (Å²) in [5.41, 5.74) is 6.83. The average Bonchev–Trinajstić information content (AvgIpc) is 2.89. The van der Waals surface area contributed by atoms with Gasteiger partial charge in [0.15, 0.2) is 5.78 Å². The van der Waals surface area contributed by atoms with E-state index in [1.807, 2.05) is 70.2 Å². The molecule has 0 atom stereocenters. The fourth-order valence-electron chi connectivity index (χ4n) is 4.31. The monoisotopic (exact) mass is 633 g/mol. The molecule has 0 aliphatic heterocycles. The molecule has 0 unspecified atom stereocenters. The third kappa shape index (κ3) is 11.2. The molecule has 4 nitrogen and oxygen atoms in total. The van der Waals surface area contributed by atoms with Crippen LogP contribution in [0.2, 0.25) is 0 Å². The molecule has 0 aliphatic carbocycles. The number of rotatable bonds is 5. The van der Waals surface area contributed by atoms with E-state index in [1.165, 1.54) is 0 Å². The molecular formula is C34H45Cl2NO3Ti. The first-order chi connectivity index (χ1) is 19.0. The third-order valence-corrected chi connectivity index (χ3v) is 6.41. The quantitative estimate of drug-likeness (QED) is 0.167. The molecule has 0 saturated carbocycles. The van der Waals surface area contributed by atoms with Crippen LogP contribution in [0.4, 0.5) is 5.69 Å².